The standard InChI is InChI=1S/C66H54N4O2.Pt/c1-64(2,3)44-33-36-67-59(37-44)70-54-26-15-14-23-49(54)50-30-29-45(39-57(50)70)71-46-38-52-51-31-32-53-60(66(6,7)35-34-65(53,4)5)63(51)72-62(52)58(40-46)68-41-69(56-28-17-16-27-55(56)68)61-47(42-19-10-8-11-20-42)24-18-25-48(61)43-21-12-9-13-22-43;/h8-33,36-38H,34-35H2,1-7H3;/q-2;. The summed E-state index contributed by atoms with van der Waals surface area (Å²) in [5.74, 6) is 1.94. The molecule has 0 spiro atoms. The second kappa shape index (κ2) is 17.3. The average Bonchev–Trinajstić information content (AvgIpc) is 4.07. The largest absolute Gasteiger partial charge is 0.519 e. The van der Waals surface area contributed by atoms with Gasteiger partial charge in [-0.3, -0.25) is 4.57 Å². The number of nitrogens with zero attached hydrogens (tertiary/aromatic N) is 4. The van der Waals surface area contributed by atoms with E-state index in [1.54, 1.807) is 0 Å². The van der Waals surface area contributed by atoms with Crippen molar-refractivity contribution in [1.29, 1.82) is 0 Å². The van der Waals surface area contributed by atoms with E-state index in [0.29, 0.717) is 17.2 Å². The summed E-state index contributed by atoms with van der Waals surface area (Å²) < 4.78 is 21.0. The molecule has 0 N–H and O–H groups in total. The summed E-state index contributed by atoms with van der Waals surface area (Å²) in [5, 5.41) is 4.19. The van der Waals surface area contributed by atoms with Crippen molar-refractivity contribution in [2.45, 2.75) is 77.6 Å². The Morgan fingerprint density at radius 2 is 1.26 bits per heavy atom. The Labute approximate surface area is 440 Å². The zero-order chi connectivity index (χ0) is 49.1. The minimum absolute atomic E-state index is 0. The van der Waals surface area contributed by atoms with Gasteiger partial charge >= 0.3 is 0 Å². The van der Waals surface area contributed by atoms with Gasteiger partial charge in [-0.25, -0.2) is 4.98 Å². The predicted octanol–water partition coefficient (Wildman–Crippen LogP) is 16.5. The second-order valence-electron chi connectivity index (χ2n) is 21.8. The van der Waals surface area contributed by atoms with Crippen LogP contribution in [0.25, 0.3) is 94.2 Å². The molecule has 7 heteroatoms. The van der Waals surface area contributed by atoms with E-state index >= 15 is 0 Å². The summed E-state index contributed by atoms with van der Waals surface area (Å²) in [5.41, 5.74) is 15.3. The number of imidazole rings is 1. The fourth-order valence-corrected chi connectivity index (χ4v) is 11.3. The van der Waals surface area contributed by atoms with Crippen LogP contribution in [0, 0.1) is 18.5 Å². The maximum Gasteiger partial charge on any atom is 0.268 e. The summed E-state index contributed by atoms with van der Waals surface area (Å²) in [7, 11) is 0. The van der Waals surface area contributed by atoms with Crippen molar-refractivity contribution in [2.24, 2.45) is 0 Å². The first-order valence-electron chi connectivity index (χ1n) is 25.1. The maximum absolute atomic E-state index is 7.36. The molecule has 73 heavy (non-hydrogen) atoms. The summed E-state index contributed by atoms with van der Waals surface area (Å²) in [6.45, 7) is 16.1. The van der Waals surface area contributed by atoms with Crippen molar-refractivity contribution >= 4 is 54.8 Å². The van der Waals surface area contributed by atoms with Gasteiger partial charge in [0, 0.05) is 60.8 Å². The molecule has 1 aliphatic carbocycles. The SMILES string of the molecule is CC(C)(C)c1ccnc(-n2c3[c-]c(Oc4[c-]c(-[n+]5[c-]n(-c6c(-c7ccccc7)cccc6-c6ccccc6)c6ccccc65)c5oc6c7c(ccc6c5c4)C(C)(C)CCC7(C)C)ccc3c3ccccc32)c1.[Pt]. The summed E-state index contributed by atoms with van der Waals surface area (Å²) >= 11 is 0. The number of pyridine rings is 1. The Hall–Kier alpha value is -7.53. The zero-order valence-corrected chi connectivity index (χ0v) is 44.4. The topological polar surface area (TPSA) is 49.0 Å². The smallest absolute Gasteiger partial charge is 0.268 e. The van der Waals surface area contributed by atoms with Gasteiger partial charge in [0.15, 0.2) is 0 Å². The van der Waals surface area contributed by atoms with Gasteiger partial charge in [0.05, 0.1) is 16.7 Å². The molecule has 13 rings (SSSR count). The van der Waals surface area contributed by atoms with Crippen LogP contribution in [0.5, 0.6) is 11.5 Å². The van der Waals surface area contributed by atoms with Gasteiger partial charge in [-0.05, 0) is 91.7 Å². The fraction of sp³-hybridized carbons (Fsp3) is 0.182. The third-order valence-electron chi connectivity index (χ3n) is 15.2. The van der Waals surface area contributed by atoms with Crippen LogP contribution in [-0.2, 0) is 37.3 Å². The Morgan fingerprint density at radius 1 is 0.603 bits per heavy atom. The molecule has 0 atom stereocenters. The van der Waals surface area contributed by atoms with Gasteiger partial charge in [0.1, 0.15) is 11.4 Å². The van der Waals surface area contributed by atoms with E-state index in [-0.39, 0.29) is 37.3 Å². The summed E-state index contributed by atoms with van der Waals surface area (Å²) in [6.07, 6.45) is 7.98. The normalized spacial score (nSPS) is 14.2. The first kappa shape index (κ1) is 46.5. The molecule has 4 aromatic heterocycles. The zero-order valence-electron chi connectivity index (χ0n) is 42.1. The van der Waals surface area contributed by atoms with Crippen molar-refractivity contribution in [3.63, 3.8) is 0 Å². The van der Waals surface area contributed by atoms with Crippen LogP contribution in [0.3, 0.4) is 0 Å². The number of hydrogen-bond acceptors (Lipinski definition) is 3. The number of furan rings is 1. The van der Waals surface area contributed by atoms with E-state index in [9.17, 15) is 0 Å². The molecule has 0 amide bonds. The van der Waals surface area contributed by atoms with Crippen LogP contribution in [0.2, 0.25) is 0 Å². The molecule has 0 fully saturated rings. The molecule has 0 unspecified atom stereocenters. The monoisotopic (exact) mass is 1130 g/mol. The quantitative estimate of drug-likeness (QED) is 0.118. The van der Waals surface area contributed by atoms with Gasteiger partial charge in [0.25, 0.3) is 6.33 Å². The van der Waals surface area contributed by atoms with Crippen LogP contribution >= 0.6 is 0 Å². The number of aromatic nitrogens is 4. The summed E-state index contributed by atoms with van der Waals surface area (Å²) in [4.78, 5) is 4.93. The van der Waals surface area contributed by atoms with E-state index in [0.717, 1.165) is 101 Å². The van der Waals surface area contributed by atoms with Crippen LogP contribution in [0.15, 0.2) is 180 Å². The van der Waals surface area contributed by atoms with E-state index in [1.165, 1.54) is 16.7 Å². The maximum atomic E-state index is 7.36. The van der Waals surface area contributed by atoms with E-state index in [4.69, 9.17) is 14.1 Å². The van der Waals surface area contributed by atoms with Crippen LogP contribution in [0.1, 0.15) is 78.0 Å². The molecule has 4 heterocycles. The van der Waals surface area contributed by atoms with E-state index in [2.05, 4.69) is 244 Å². The summed E-state index contributed by atoms with van der Waals surface area (Å²) in [6, 6.07) is 67.5. The van der Waals surface area contributed by atoms with E-state index < -0.39 is 0 Å². The minimum atomic E-state index is -0.101. The van der Waals surface area contributed by atoms with Gasteiger partial charge in [0.2, 0.25) is 0 Å². The first-order chi connectivity index (χ1) is 34.8. The molecule has 1 aliphatic rings. The number of benzene rings is 8. The Kier molecular flexibility index (Phi) is 11.0. The number of fused-ring (bicyclic) bond motifs is 9. The van der Waals surface area contributed by atoms with Gasteiger partial charge in [-0.1, -0.05) is 193 Å². The van der Waals surface area contributed by atoms with Crippen molar-refractivity contribution < 1.29 is 34.8 Å². The Balaban J connectivity index is 0.00000543. The number of ether oxygens (including phenoxy) is 1. The molecule has 0 saturated heterocycles. The number of para-hydroxylation sites is 4. The molecule has 6 nitrogen and oxygen atoms in total. The minimum Gasteiger partial charge on any atom is -0.519 e. The van der Waals surface area contributed by atoms with Gasteiger partial charge in [-0.15, -0.1) is 29.7 Å². The third kappa shape index (κ3) is 7.64. The molecule has 12 aromatic rings. The predicted molar refractivity (Wildman–Crippen MR) is 292 cm³/mol. The number of rotatable bonds is 7. The Bertz CT molecular complexity index is 4060. The van der Waals surface area contributed by atoms with Gasteiger partial charge < -0.3 is 18.3 Å². The molecule has 0 saturated carbocycles. The van der Waals surface area contributed by atoms with E-state index in [1.807, 2.05) is 12.3 Å². The molecule has 0 bridgehead atoms. The number of hydrogen-bond donors (Lipinski definition) is 0. The molecule has 362 valence electrons. The van der Waals surface area contributed by atoms with Crippen molar-refractivity contribution in [2.75, 3.05) is 0 Å². The third-order valence-corrected chi connectivity index (χ3v) is 15.2. The molecular formula is C66H54N4O2Pt-2. The van der Waals surface area contributed by atoms with Crippen LogP contribution in [-0.4, -0.2) is 14.1 Å². The van der Waals surface area contributed by atoms with Crippen molar-refractivity contribution in [3.8, 4) is 50.9 Å². The molecule has 8 aromatic carbocycles. The average molecular weight is 1130 g/mol. The fourth-order valence-electron chi connectivity index (χ4n) is 11.3. The Morgan fingerprint density at radius 3 is 1.99 bits per heavy atom. The van der Waals surface area contributed by atoms with Crippen molar-refractivity contribution in [3.05, 3.63) is 211 Å². The van der Waals surface area contributed by atoms with Gasteiger partial charge in [-0.2, -0.15) is 6.07 Å². The molecular weight excluding hydrogens is 1080 g/mol. The van der Waals surface area contributed by atoms with Crippen LogP contribution in [0.4, 0.5) is 0 Å². The first-order valence-corrected chi connectivity index (χ1v) is 25.1. The van der Waals surface area contributed by atoms with Crippen LogP contribution < -0.4 is 9.30 Å². The second-order valence-corrected chi connectivity index (χ2v) is 21.8. The van der Waals surface area contributed by atoms with Crippen molar-refractivity contribution in [1.82, 2.24) is 14.1 Å². The molecule has 0 aliphatic heterocycles. The molecule has 0 radical (unpaired) electrons.